The van der Waals surface area contributed by atoms with Crippen molar-refractivity contribution in [1.82, 2.24) is 0 Å². The van der Waals surface area contributed by atoms with Crippen molar-refractivity contribution in [3.05, 3.63) is 29.3 Å². The zero-order valence-electron chi connectivity index (χ0n) is 7.26. The van der Waals surface area contributed by atoms with Crippen molar-refractivity contribution in [3.8, 4) is 0 Å². The van der Waals surface area contributed by atoms with Gasteiger partial charge in [0.1, 0.15) is 0 Å². The molecule has 2 radical (unpaired) electrons. The molecule has 1 aromatic carbocycles. The molecule has 0 amide bonds. The second-order valence-corrected chi connectivity index (χ2v) is 2.90. The van der Waals surface area contributed by atoms with Crippen LogP contribution in [0.4, 0.5) is 5.69 Å². The highest BCUT2D eigenvalue weighted by molar-refractivity contribution is 6.17. The summed E-state index contributed by atoms with van der Waals surface area (Å²) in [5, 5.41) is 0. The number of anilines is 1. The predicted octanol–water partition coefficient (Wildman–Crippen LogP) is 1.82. The van der Waals surface area contributed by atoms with Gasteiger partial charge in [0, 0.05) is 5.69 Å². The fourth-order valence-corrected chi connectivity index (χ4v) is 1.20. The van der Waals surface area contributed by atoms with Gasteiger partial charge in [0.05, 0.1) is 0 Å². The Morgan fingerprint density at radius 1 is 1.27 bits per heavy atom. The summed E-state index contributed by atoms with van der Waals surface area (Å²) < 4.78 is 0. The molecule has 0 saturated heterocycles. The van der Waals surface area contributed by atoms with Gasteiger partial charge in [0.2, 0.25) is 7.98 Å². The lowest BCUT2D eigenvalue weighted by Gasteiger charge is -2.16. The van der Waals surface area contributed by atoms with Crippen molar-refractivity contribution in [3.63, 3.8) is 0 Å². The highest BCUT2D eigenvalue weighted by atomic mass is 15.0. The Balaban J connectivity index is 3.09. The number of benzene rings is 1. The number of nitrogens with zero attached hydrogens (tertiary/aromatic N) is 1. The summed E-state index contributed by atoms with van der Waals surface area (Å²) in [5.41, 5.74) is 3.57. The quantitative estimate of drug-likeness (QED) is 0.544. The molecule has 0 N–H and O–H groups in total. The molecular formula is C9H12BN. The van der Waals surface area contributed by atoms with E-state index in [2.05, 4.69) is 26.0 Å². The van der Waals surface area contributed by atoms with Crippen LogP contribution in [0.5, 0.6) is 0 Å². The monoisotopic (exact) mass is 145 g/mol. The third-order valence-corrected chi connectivity index (χ3v) is 1.73. The van der Waals surface area contributed by atoms with Crippen LogP contribution in [-0.2, 0) is 0 Å². The molecule has 0 aliphatic heterocycles. The summed E-state index contributed by atoms with van der Waals surface area (Å²) in [5.74, 6) is 0. The Morgan fingerprint density at radius 3 is 2.36 bits per heavy atom. The second kappa shape index (κ2) is 2.99. The van der Waals surface area contributed by atoms with Crippen LogP contribution in [0, 0.1) is 13.8 Å². The van der Waals surface area contributed by atoms with E-state index in [1.54, 1.807) is 4.81 Å². The molecule has 0 aliphatic carbocycles. The Labute approximate surface area is 69.5 Å². The van der Waals surface area contributed by atoms with Gasteiger partial charge in [0.25, 0.3) is 0 Å². The Hall–Kier alpha value is -0.915. The summed E-state index contributed by atoms with van der Waals surface area (Å²) in [7, 11) is 7.44. The summed E-state index contributed by atoms with van der Waals surface area (Å²) >= 11 is 0. The lowest BCUT2D eigenvalue weighted by molar-refractivity contribution is 1.27. The van der Waals surface area contributed by atoms with Gasteiger partial charge in [-0.3, -0.25) is 0 Å². The molecule has 0 fully saturated rings. The average molecular weight is 145 g/mol. The first-order valence-corrected chi connectivity index (χ1v) is 3.67. The zero-order chi connectivity index (χ0) is 8.43. The fraction of sp³-hybridized carbons (Fsp3) is 0.333. The van der Waals surface area contributed by atoms with Gasteiger partial charge < -0.3 is 4.81 Å². The van der Waals surface area contributed by atoms with Crippen molar-refractivity contribution >= 4 is 13.7 Å². The van der Waals surface area contributed by atoms with Crippen LogP contribution in [-0.4, -0.2) is 15.0 Å². The first-order valence-electron chi connectivity index (χ1n) is 3.67. The molecule has 0 spiro atoms. The zero-order valence-corrected chi connectivity index (χ0v) is 7.26. The van der Waals surface area contributed by atoms with Crippen LogP contribution in [0.15, 0.2) is 18.2 Å². The lowest BCUT2D eigenvalue weighted by atomic mass is 10.1. The highest BCUT2D eigenvalue weighted by Crippen LogP contribution is 2.17. The van der Waals surface area contributed by atoms with Crippen LogP contribution in [0.2, 0.25) is 0 Å². The molecule has 1 aromatic rings. The molecule has 1 rings (SSSR count). The molecular weight excluding hydrogens is 133 g/mol. The maximum Gasteiger partial charge on any atom is 0.226 e. The van der Waals surface area contributed by atoms with E-state index in [0.29, 0.717) is 0 Å². The van der Waals surface area contributed by atoms with Gasteiger partial charge in [-0.25, -0.2) is 0 Å². The summed E-state index contributed by atoms with van der Waals surface area (Å²) in [6, 6.07) is 6.22. The van der Waals surface area contributed by atoms with E-state index in [4.69, 9.17) is 7.98 Å². The molecule has 0 atom stereocenters. The van der Waals surface area contributed by atoms with E-state index in [0.717, 1.165) is 5.69 Å². The standard InChI is InChI=1S/C9H12BN/c1-7-4-5-9(11(3)10)8(2)6-7/h4-6H,1-3H3. The van der Waals surface area contributed by atoms with Crippen LogP contribution < -0.4 is 4.81 Å². The van der Waals surface area contributed by atoms with Gasteiger partial charge in [-0.1, -0.05) is 17.7 Å². The maximum absolute atomic E-state index is 5.60. The van der Waals surface area contributed by atoms with Crippen molar-refractivity contribution in [2.75, 3.05) is 11.9 Å². The van der Waals surface area contributed by atoms with Gasteiger partial charge in [-0.05, 0) is 32.5 Å². The Kier molecular flexibility index (Phi) is 2.23. The van der Waals surface area contributed by atoms with Crippen molar-refractivity contribution in [2.24, 2.45) is 0 Å². The fourth-order valence-electron chi connectivity index (χ4n) is 1.20. The molecule has 0 unspecified atom stereocenters. The third kappa shape index (κ3) is 1.76. The van der Waals surface area contributed by atoms with Gasteiger partial charge in [-0.15, -0.1) is 0 Å². The van der Waals surface area contributed by atoms with Crippen LogP contribution in [0.25, 0.3) is 0 Å². The second-order valence-electron chi connectivity index (χ2n) is 2.90. The topological polar surface area (TPSA) is 3.24 Å². The van der Waals surface area contributed by atoms with E-state index >= 15 is 0 Å². The smallest absolute Gasteiger partial charge is 0.226 e. The van der Waals surface area contributed by atoms with E-state index in [-0.39, 0.29) is 0 Å². The average Bonchev–Trinajstić information content (AvgIpc) is 1.85. The number of hydrogen-bond acceptors (Lipinski definition) is 1. The molecule has 0 heterocycles. The van der Waals surface area contributed by atoms with Gasteiger partial charge in [-0.2, -0.15) is 0 Å². The number of aryl methyl sites for hydroxylation is 2. The normalized spacial score (nSPS) is 9.73. The van der Waals surface area contributed by atoms with Crippen molar-refractivity contribution in [2.45, 2.75) is 13.8 Å². The molecule has 56 valence electrons. The maximum atomic E-state index is 5.60. The minimum atomic E-state index is 1.08. The number of rotatable bonds is 1. The largest absolute Gasteiger partial charge is 0.427 e. The summed E-state index contributed by atoms with van der Waals surface area (Å²) in [6.07, 6.45) is 0. The van der Waals surface area contributed by atoms with Crippen LogP contribution in [0.1, 0.15) is 11.1 Å². The SMILES string of the molecule is [B]N(C)c1ccc(C)cc1C. The molecule has 1 nitrogen and oxygen atoms in total. The first-order chi connectivity index (χ1) is 5.11. The minimum Gasteiger partial charge on any atom is -0.427 e. The van der Waals surface area contributed by atoms with Crippen molar-refractivity contribution < 1.29 is 0 Å². The summed E-state index contributed by atoms with van der Waals surface area (Å²) in [4.78, 5) is 1.63. The third-order valence-electron chi connectivity index (χ3n) is 1.73. The molecule has 11 heavy (non-hydrogen) atoms. The van der Waals surface area contributed by atoms with E-state index in [9.17, 15) is 0 Å². The van der Waals surface area contributed by atoms with Crippen LogP contribution >= 0.6 is 0 Å². The Morgan fingerprint density at radius 2 is 1.91 bits per heavy atom. The molecule has 0 aromatic heterocycles. The first kappa shape index (κ1) is 8.18. The molecule has 2 heteroatoms. The van der Waals surface area contributed by atoms with Crippen molar-refractivity contribution in [1.29, 1.82) is 0 Å². The van der Waals surface area contributed by atoms with E-state index in [1.165, 1.54) is 11.1 Å². The van der Waals surface area contributed by atoms with Crippen LogP contribution in [0.3, 0.4) is 0 Å². The molecule has 0 aliphatic rings. The minimum absolute atomic E-state index is 1.08. The highest BCUT2D eigenvalue weighted by Gasteiger charge is 1.98. The Bertz CT molecular complexity index is 256. The predicted molar refractivity (Wildman–Crippen MR) is 50.1 cm³/mol. The van der Waals surface area contributed by atoms with E-state index in [1.807, 2.05) is 13.1 Å². The lowest BCUT2D eigenvalue weighted by Crippen LogP contribution is -2.12. The number of hydrogen-bond donors (Lipinski definition) is 0. The van der Waals surface area contributed by atoms with E-state index < -0.39 is 0 Å². The van der Waals surface area contributed by atoms with Gasteiger partial charge >= 0.3 is 0 Å². The van der Waals surface area contributed by atoms with Gasteiger partial charge in [0.15, 0.2) is 0 Å². The summed E-state index contributed by atoms with van der Waals surface area (Å²) in [6.45, 7) is 4.14. The molecule has 0 bridgehead atoms. The molecule has 0 saturated carbocycles.